The fourth-order valence-electron chi connectivity index (χ4n) is 2.56. The van der Waals surface area contributed by atoms with Crippen molar-refractivity contribution in [3.8, 4) is 22.7 Å². The Morgan fingerprint density at radius 3 is 2.32 bits per heavy atom. The molecular formula is C19H21BFN3O. The first-order valence-electron chi connectivity index (χ1n) is 8.19. The van der Waals surface area contributed by atoms with E-state index in [0.29, 0.717) is 5.75 Å². The molecule has 4 nitrogen and oxygen atoms in total. The maximum absolute atomic E-state index is 13.6. The van der Waals surface area contributed by atoms with E-state index in [1.807, 2.05) is 29.9 Å². The van der Waals surface area contributed by atoms with E-state index in [9.17, 15) is 4.39 Å². The number of halogens is 1. The van der Waals surface area contributed by atoms with Crippen molar-refractivity contribution in [1.82, 2.24) is 9.78 Å². The third kappa shape index (κ3) is 4.02. The number of ether oxygens (including phenoxy) is 1. The molecule has 0 saturated carbocycles. The number of nitrogens with one attached hydrogen (secondary N) is 1. The summed E-state index contributed by atoms with van der Waals surface area (Å²) in [6.45, 7) is 3.44. The minimum atomic E-state index is -1.71. The van der Waals surface area contributed by atoms with Crippen molar-refractivity contribution < 1.29 is 9.13 Å². The highest BCUT2D eigenvalue weighted by Gasteiger charge is 2.17. The number of anilines is 1. The van der Waals surface area contributed by atoms with Gasteiger partial charge in [0.2, 0.25) is 13.6 Å². The molecule has 128 valence electrons. The van der Waals surface area contributed by atoms with Gasteiger partial charge in [-0.1, -0.05) is 29.8 Å². The molecule has 6 heteroatoms. The van der Waals surface area contributed by atoms with Gasteiger partial charge in [-0.25, -0.2) is 9.07 Å². The van der Waals surface area contributed by atoms with Crippen molar-refractivity contribution in [3.05, 3.63) is 60.2 Å². The van der Waals surface area contributed by atoms with Crippen molar-refractivity contribution >= 4 is 13.7 Å². The minimum absolute atomic E-state index is 0.480. The number of hydrogen-bond donors (Lipinski definition) is 1. The molecule has 25 heavy (non-hydrogen) atoms. The predicted molar refractivity (Wildman–Crippen MR) is 102 cm³/mol. The van der Waals surface area contributed by atoms with Crippen LogP contribution in [0.3, 0.4) is 0 Å². The topological polar surface area (TPSA) is 39.1 Å². The van der Waals surface area contributed by atoms with Crippen LogP contribution >= 0.6 is 0 Å². The Labute approximate surface area is 148 Å². The van der Waals surface area contributed by atoms with E-state index in [1.165, 1.54) is 20.3 Å². The van der Waals surface area contributed by atoms with Crippen molar-refractivity contribution in [2.75, 3.05) is 12.4 Å². The molecule has 0 saturated heterocycles. The second-order valence-corrected chi connectivity index (χ2v) is 6.40. The van der Waals surface area contributed by atoms with Crippen LogP contribution in [0, 0.1) is 6.92 Å². The third-order valence-electron chi connectivity index (χ3n) is 3.75. The number of benzene rings is 2. The molecule has 0 fully saturated rings. The molecule has 0 radical (unpaired) electrons. The van der Waals surface area contributed by atoms with E-state index in [1.54, 1.807) is 12.1 Å². The Morgan fingerprint density at radius 1 is 1.12 bits per heavy atom. The van der Waals surface area contributed by atoms with Crippen LogP contribution in [-0.4, -0.2) is 30.4 Å². The smallest absolute Gasteiger partial charge is 0.202 e. The van der Waals surface area contributed by atoms with Gasteiger partial charge in [-0.05, 0) is 38.1 Å². The zero-order valence-corrected chi connectivity index (χ0v) is 14.9. The SMILES string of the molecule is BC(C)(F)Oc1ccc(-n2nc(-c3ccc(C)cc3)cc2NC)cc1. The summed E-state index contributed by atoms with van der Waals surface area (Å²) in [7, 11) is 3.23. The number of aromatic nitrogens is 2. The van der Waals surface area contributed by atoms with Crippen molar-refractivity contribution in [3.63, 3.8) is 0 Å². The van der Waals surface area contributed by atoms with Gasteiger partial charge in [-0.15, -0.1) is 0 Å². The molecule has 3 rings (SSSR count). The van der Waals surface area contributed by atoms with E-state index < -0.39 is 5.75 Å². The number of aryl methyl sites for hydroxylation is 1. The van der Waals surface area contributed by atoms with Gasteiger partial charge in [-0.3, -0.25) is 0 Å². The molecular weight excluding hydrogens is 316 g/mol. The maximum atomic E-state index is 13.6. The molecule has 1 heterocycles. The molecule has 0 aliphatic heterocycles. The molecule has 2 aromatic carbocycles. The summed E-state index contributed by atoms with van der Waals surface area (Å²) in [4.78, 5) is 0. The summed E-state index contributed by atoms with van der Waals surface area (Å²) in [5, 5.41) is 7.85. The van der Waals surface area contributed by atoms with E-state index in [4.69, 9.17) is 9.84 Å². The van der Waals surface area contributed by atoms with E-state index in [0.717, 1.165) is 22.8 Å². The zero-order valence-electron chi connectivity index (χ0n) is 14.9. The first kappa shape index (κ1) is 17.1. The van der Waals surface area contributed by atoms with Gasteiger partial charge in [0, 0.05) is 18.7 Å². The van der Waals surface area contributed by atoms with Crippen LogP contribution in [0.5, 0.6) is 5.75 Å². The Morgan fingerprint density at radius 2 is 1.76 bits per heavy atom. The Hall–Kier alpha value is -2.76. The first-order chi connectivity index (χ1) is 11.9. The van der Waals surface area contributed by atoms with Gasteiger partial charge in [-0.2, -0.15) is 5.10 Å². The number of rotatable bonds is 5. The summed E-state index contributed by atoms with van der Waals surface area (Å²) in [6.07, 6.45) is 0. The average Bonchev–Trinajstić information content (AvgIpc) is 2.99. The molecule has 1 unspecified atom stereocenters. The third-order valence-corrected chi connectivity index (χ3v) is 3.75. The molecule has 1 atom stereocenters. The van der Waals surface area contributed by atoms with Gasteiger partial charge in [0.1, 0.15) is 11.6 Å². The van der Waals surface area contributed by atoms with E-state index in [2.05, 4.69) is 36.5 Å². The van der Waals surface area contributed by atoms with E-state index >= 15 is 0 Å². The van der Waals surface area contributed by atoms with Gasteiger partial charge >= 0.3 is 0 Å². The lowest BCUT2D eigenvalue weighted by Crippen LogP contribution is -2.26. The lowest BCUT2D eigenvalue weighted by molar-refractivity contribution is 0.0391. The highest BCUT2D eigenvalue weighted by Crippen LogP contribution is 2.26. The fraction of sp³-hybridized carbons (Fsp3) is 0.211. The molecule has 3 aromatic rings. The van der Waals surface area contributed by atoms with Crippen LogP contribution in [0.4, 0.5) is 10.2 Å². The zero-order chi connectivity index (χ0) is 18.0. The second-order valence-electron chi connectivity index (χ2n) is 6.40. The van der Waals surface area contributed by atoms with Crippen molar-refractivity contribution in [1.29, 1.82) is 0 Å². The Kier molecular flexibility index (Phi) is 4.53. The van der Waals surface area contributed by atoms with Crippen molar-refractivity contribution in [2.45, 2.75) is 19.6 Å². The second kappa shape index (κ2) is 6.63. The lowest BCUT2D eigenvalue weighted by Gasteiger charge is -2.17. The van der Waals surface area contributed by atoms with Gasteiger partial charge in [0.25, 0.3) is 0 Å². The monoisotopic (exact) mass is 337 g/mol. The largest absolute Gasteiger partial charge is 0.467 e. The number of alkyl halides is 1. The van der Waals surface area contributed by atoms with E-state index in [-0.39, 0.29) is 0 Å². The van der Waals surface area contributed by atoms with Crippen molar-refractivity contribution in [2.24, 2.45) is 0 Å². The highest BCUT2D eigenvalue weighted by molar-refractivity contribution is 6.13. The van der Waals surface area contributed by atoms with Crippen LogP contribution < -0.4 is 10.1 Å². The van der Waals surface area contributed by atoms with Crippen LogP contribution in [0.15, 0.2) is 54.6 Å². The maximum Gasteiger partial charge on any atom is 0.202 e. The van der Waals surface area contributed by atoms with Gasteiger partial charge in [0.15, 0.2) is 0 Å². The highest BCUT2D eigenvalue weighted by atomic mass is 19.2. The number of nitrogens with zero attached hydrogens (tertiary/aromatic N) is 2. The quantitative estimate of drug-likeness (QED) is 0.724. The summed E-state index contributed by atoms with van der Waals surface area (Å²) >= 11 is 0. The first-order valence-corrected chi connectivity index (χ1v) is 8.19. The molecule has 0 aliphatic carbocycles. The molecule has 1 N–H and O–H groups in total. The Bertz CT molecular complexity index is 852. The summed E-state index contributed by atoms with van der Waals surface area (Å²) in [5.41, 5.74) is 4.02. The molecule has 0 spiro atoms. The normalized spacial score (nSPS) is 13.3. The van der Waals surface area contributed by atoms with Crippen LogP contribution in [0.25, 0.3) is 16.9 Å². The number of hydrogen-bond acceptors (Lipinski definition) is 3. The van der Waals surface area contributed by atoms with Gasteiger partial charge < -0.3 is 10.1 Å². The van der Waals surface area contributed by atoms with Gasteiger partial charge in [0.05, 0.1) is 11.4 Å². The molecule has 0 bridgehead atoms. The Balaban J connectivity index is 1.93. The minimum Gasteiger partial charge on any atom is -0.467 e. The fourth-order valence-corrected chi connectivity index (χ4v) is 2.56. The summed E-state index contributed by atoms with van der Waals surface area (Å²) in [5.74, 6) is -0.356. The molecule has 0 aliphatic rings. The van der Waals surface area contributed by atoms with Crippen LogP contribution in [0.1, 0.15) is 12.5 Å². The average molecular weight is 337 g/mol. The molecule has 1 aromatic heterocycles. The molecule has 0 amide bonds. The standard InChI is InChI=1S/C19H21BFN3O/c1-13-4-6-14(7-5-13)17-12-18(22-3)24(23-17)15-8-10-16(11-9-15)25-19(2,20)21/h4-12,22H,20H2,1-3H3. The van der Waals surface area contributed by atoms with Crippen LogP contribution in [0.2, 0.25) is 0 Å². The summed E-state index contributed by atoms with van der Waals surface area (Å²) in [6, 6.07) is 17.4. The summed E-state index contributed by atoms with van der Waals surface area (Å²) < 4.78 is 20.6. The lowest BCUT2D eigenvalue weighted by atomic mass is 9.99. The predicted octanol–water partition coefficient (Wildman–Crippen LogP) is 3.54. The van der Waals surface area contributed by atoms with Crippen LogP contribution in [-0.2, 0) is 0 Å².